The van der Waals surface area contributed by atoms with Gasteiger partial charge in [0.05, 0.1) is 24.4 Å². The third-order valence-electron chi connectivity index (χ3n) is 5.56. The molecule has 0 aromatic carbocycles. The van der Waals surface area contributed by atoms with Crippen molar-refractivity contribution in [1.29, 1.82) is 0 Å². The molecule has 0 aromatic rings. The van der Waals surface area contributed by atoms with Gasteiger partial charge < -0.3 is 9.47 Å². The van der Waals surface area contributed by atoms with Gasteiger partial charge in [-0.15, -0.1) is 0 Å². The normalized spacial score (nSPS) is 15.7. The average molecular weight is 405 g/mol. The molecule has 1 aliphatic carbocycles. The fourth-order valence-electron chi connectivity index (χ4n) is 3.32. The summed E-state index contributed by atoms with van der Waals surface area (Å²) in [6.07, 6.45) is 16.4. The summed E-state index contributed by atoms with van der Waals surface area (Å²) in [5.41, 5.74) is 0.603. The monoisotopic (exact) mass is 404 g/mol. The standard InChI is InChI=1S/C25H40O4/c1-5-9-14-20(7-3)18-28-24(26)22-16-12-11-13-17-23(22)25(27)29-19-21(8-4)15-10-6-2/h12-13,16-17,20-21H,5-11,14-15,18-19H2,1-4H3. The number of carbonyl (C=O) groups excluding carboxylic acids is 2. The maximum atomic E-state index is 12.7. The van der Waals surface area contributed by atoms with Crippen LogP contribution in [0.15, 0.2) is 35.5 Å². The predicted octanol–water partition coefficient (Wildman–Crippen LogP) is 6.32. The third-order valence-corrected chi connectivity index (χ3v) is 5.56. The van der Waals surface area contributed by atoms with Crippen LogP contribution in [0.1, 0.15) is 85.5 Å². The Hall–Kier alpha value is -1.84. The minimum absolute atomic E-state index is 0.302. The first-order valence-electron chi connectivity index (χ1n) is 11.5. The van der Waals surface area contributed by atoms with Crippen LogP contribution in [0.5, 0.6) is 0 Å². The van der Waals surface area contributed by atoms with Crippen molar-refractivity contribution >= 4 is 11.9 Å². The van der Waals surface area contributed by atoms with Gasteiger partial charge in [-0.2, -0.15) is 0 Å². The van der Waals surface area contributed by atoms with E-state index in [0.29, 0.717) is 42.6 Å². The number of rotatable bonds is 14. The van der Waals surface area contributed by atoms with Gasteiger partial charge in [0.25, 0.3) is 0 Å². The van der Waals surface area contributed by atoms with Gasteiger partial charge in [0.2, 0.25) is 0 Å². The molecule has 0 aromatic heterocycles. The lowest BCUT2D eigenvalue weighted by molar-refractivity contribution is -0.143. The van der Waals surface area contributed by atoms with Gasteiger partial charge in [0.15, 0.2) is 0 Å². The lowest BCUT2D eigenvalue weighted by Crippen LogP contribution is -2.19. The first-order chi connectivity index (χ1) is 14.1. The van der Waals surface area contributed by atoms with Gasteiger partial charge in [-0.05, 0) is 31.1 Å². The topological polar surface area (TPSA) is 52.6 Å². The van der Waals surface area contributed by atoms with Crippen molar-refractivity contribution in [1.82, 2.24) is 0 Å². The minimum atomic E-state index is -0.437. The van der Waals surface area contributed by atoms with Crippen LogP contribution in [0.2, 0.25) is 0 Å². The summed E-state index contributed by atoms with van der Waals surface area (Å²) in [7, 11) is 0. The molecule has 0 radical (unpaired) electrons. The molecule has 0 N–H and O–H groups in total. The van der Waals surface area contributed by atoms with Gasteiger partial charge in [-0.1, -0.05) is 90.5 Å². The first kappa shape index (κ1) is 25.2. The first-order valence-corrected chi connectivity index (χ1v) is 11.5. The van der Waals surface area contributed by atoms with Crippen molar-refractivity contribution in [3.63, 3.8) is 0 Å². The summed E-state index contributed by atoms with van der Waals surface area (Å²) in [6.45, 7) is 9.35. The van der Waals surface area contributed by atoms with Gasteiger partial charge in [-0.3, -0.25) is 0 Å². The van der Waals surface area contributed by atoms with Gasteiger partial charge in [0, 0.05) is 0 Å². The lowest BCUT2D eigenvalue weighted by Gasteiger charge is -2.17. The van der Waals surface area contributed by atoms with E-state index in [-0.39, 0.29) is 0 Å². The Balaban J connectivity index is 2.79. The Morgan fingerprint density at radius 1 is 0.793 bits per heavy atom. The van der Waals surface area contributed by atoms with E-state index in [1.807, 2.05) is 12.2 Å². The molecule has 2 atom stereocenters. The molecule has 0 saturated carbocycles. The highest BCUT2D eigenvalue weighted by Crippen LogP contribution is 2.20. The van der Waals surface area contributed by atoms with Gasteiger partial charge in [0.1, 0.15) is 0 Å². The Morgan fingerprint density at radius 2 is 1.21 bits per heavy atom. The molecule has 0 heterocycles. The zero-order valence-corrected chi connectivity index (χ0v) is 18.9. The van der Waals surface area contributed by atoms with Crippen LogP contribution in [0.3, 0.4) is 0 Å². The molecule has 2 unspecified atom stereocenters. The summed E-state index contributed by atoms with van der Waals surface area (Å²) in [5, 5.41) is 0. The highest BCUT2D eigenvalue weighted by Gasteiger charge is 2.22. The number of unbranched alkanes of at least 4 members (excludes halogenated alkanes) is 2. The molecule has 0 fully saturated rings. The van der Waals surface area contributed by atoms with Crippen molar-refractivity contribution in [3.8, 4) is 0 Å². The molecule has 0 saturated heterocycles. The van der Waals surface area contributed by atoms with Crippen molar-refractivity contribution in [2.24, 2.45) is 11.8 Å². The summed E-state index contributed by atoms with van der Waals surface area (Å²) in [4.78, 5) is 25.4. The second-order valence-corrected chi connectivity index (χ2v) is 7.90. The largest absolute Gasteiger partial charge is 0.462 e. The SMILES string of the molecule is CCCCC(CC)COC(=O)C1=C(C(=O)OCC(CC)CCCC)C=CCC=C1. The van der Waals surface area contributed by atoms with E-state index < -0.39 is 11.9 Å². The summed E-state index contributed by atoms with van der Waals surface area (Å²) in [5.74, 6) is -0.145. The maximum absolute atomic E-state index is 12.7. The summed E-state index contributed by atoms with van der Waals surface area (Å²) >= 11 is 0. The van der Waals surface area contributed by atoms with Crippen molar-refractivity contribution in [2.45, 2.75) is 85.5 Å². The minimum Gasteiger partial charge on any atom is -0.462 e. The zero-order valence-electron chi connectivity index (χ0n) is 18.9. The second-order valence-electron chi connectivity index (χ2n) is 7.90. The lowest BCUT2D eigenvalue weighted by atomic mass is 10.0. The Labute approximate surface area is 177 Å². The molecule has 0 bridgehead atoms. The Kier molecular flexibility index (Phi) is 13.1. The Morgan fingerprint density at radius 3 is 1.55 bits per heavy atom. The van der Waals surface area contributed by atoms with Crippen LogP contribution >= 0.6 is 0 Å². The molecule has 4 heteroatoms. The van der Waals surface area contributed by atoms with Gasteiger partial charge >= 0.3 is 11.9 Å². The number of allylic oxidation sites excluding steroid dienone is 2. The van der Waals surface area contributed by atoms with E-state index in [0.717, 1.165) is 51.4 Å². The number of esters is 2. The predicted molar refractivity (Wildman–Crippen MR) is 118 cm³/mol. The van der Waals surface area contributed by atoms with Crippen LogP contribution in [-0.2, 0) is 19.1 Å². The van der Waals surface area contributed by atoms with Crippen LogP contribution in [-0.4, -0.2) is 25.2 Å². The average Bonchev–Trinajstić information content (AvgIpc) is 3.00. The molecule has 4 nitrogen and oxygen atoms in total. The van der Waals surface area contributed by atoms with Crippen LogP contribution in [0.25, 0.3) is 0 Å². The molecule has 0 spiro atoms. The maximum Gasteiger partial charge on any atom is 0.339 e. The van der Waals surface area contributed by atoms with E-state index in [2.05, 4.69) is 27.7 Å². The van der Waals surface area contributed by atoms with Crippen LogP contribution < -0.4 is 0 Å². The number of hydrogen-bond acceptors (Lipinski definition) is 4. The zero-order chi connectivity index (χ0) is 21.5. The molecule has 0 amide bonds. The van der Waals surface area contributed by atoms with Crippen LogP contribution in [0.4, 0.5) is 0 Å². The highest BCUT2D eigenvalue weighted by molar-refractivity contribution is 6.04. The second kappa shape index (κ2) is 15.1. The molecular weight excluding hydrogens is 364 g/mol. The Bertz CT molecular complexity index is 536. The molecular formula is C25H40O4. The number of carbonyl (C=O) groups is 2. The van der Waals surface area contributed by atoms with E-state index >= 15 is 0 Å². The van der Waals surface area contributed by atoms with E-state index in [1.54, 1.807) is 12.2 Å². The fraction of sp³-hybridized carbons (Fsp3) is 0.680. The molecule has 1 rings (SSSR count). The van der Waals surface area contributed by atoms with Gasteiger partial charge in [-0.25, -0.2) is 9.59 Å². The summed E-state index contributed by atoms with van der Waals surface area (Å²) < 4.78 is 11.2. The van der Waals surface area contributed by atoms with E-state index in [4.69, 9.17) is 9.47 Å². The molecule has 0 aliphatic heterocycles. The smallest absolute Gasteiger partial charge is 0.339 e. The van der Waals surface area contributed by atoms with Crippen molar-refractivity contribution < 1.29 is 19.1 Å². The van der Waals surface area contributed by atoms with Crippen LogP contribution in [0, 0.1) is 11.8 Å². The fourth-order valence-corrected chi connectivity index (χ4v) is 3.32. The van der Waals surface area contributed by atoms with E-state index in [1.165, 1.54) is 0 Å². The molecule has 1 aliphatic rings. The molecule has 29 heavy (non-hydrogen) atoms. The van der Waals surface area contributed by atoms with E-state index in [9.17, 15) is 9.59 Å². The highest BCUT2D eigenvalue weighted by atomic mass is 16.5. The van der Waals surface area contributed by atoms with Crippen molar-refractivity contribution in [2.75, 3.05) is 13.2 Å². The quantitative estimate of drug-likeness (QED) is 0.318. The third kappa shape index (κ3) is 9.47. The van der Waals surface area contributed by atoms with Crippen molar-refractivity contribution in [3.05, 3.63) is 35.5 Å². The number of ether oxygens (including phenoxy) is 2. The molecule has 164 valence electrons. The summed E-state index contributed by atoms with van der Waals surface area (Å²) in [6, 6.07) is 0. The number of hydrogen-bond donors (Lipinski definition) is 0.